The van der Waals surface area contributed by atoms with Crippen molar-refractivity contribution in [3.05, 3.63) is 24.7 Å². The smallest absolute Gasteiger partial charge is 0.0861 e. The molecule has 17 heavy (non-hydrogen) atoms. The van der Waals surface area contributed by atoms with Crippen LogP contribution >= 0.6 is 0 Å². The van der Waals surface area contributed by atoms with Gasteiger partial charge in [0.1, 0.15) is 0 Å². The molecule has 2 unspecified atom stereocenters. The lowest BCUT2D eigenvalue weighted by Gasteiger charge is -2.04. The summed E-state index contributed by atoms with van der Waals surface area (Å²) in [7, 11) is 0. The third-order valence-electron chi connectivity index (χ3n) is 3.40. The van der Waals surface area contributed by atoms with E-state index < -0.39 is 0 Å². The molecule has 0 aromatic carbocycles. The molecule has 1 heteroatoms. The van der Waals surface area contributed by atoms with Gasteiger partial charge in [-0.25, -0.2) is 0 Å². The highest BCUT2D eigenvalue weighted by molar-refractivity contribution is 4.80. The highest BCUT2D eigenvalue weighted by Crippen LogP contribution is 2.10. The van der Waals surface area contributed by atoms with E-state index in [9.17, 15) is 0 Å². The summed E-state index contributed by atoms with van der Waals surface area (Å²) in [5, 5.41) is 0. The molecule has 0 amide bonds. The second kappa shape index (κ2) is 11.8. The van der Waals surface area contributed by atoms with Gasteiger partial charge in [0, 0.05) is 0 Å². The number of ether oxygens (including phenoxy) is 1. The van der Waals surface area contributed by atoms with Crippen molar-refractivity contribution in [2.45, 2.75) is 66.2 Å². The van der Waals surface area contributed by atoms with Crippen molar-refractivity contribution in [1.29, 1.82) is 0 Å². The Morgan fingerprint density at radius 2 is 1.24 bits per heavy atom. The lowest BCUT2D eigenvalue weighted by molar-refractivity contribution is 0.395. The van der Waals surface area contributed by atoms with Crippen LogP contribution in [0.3, 0.4) is 0 Å². The molecular weight excluding hydrogens is 208 g/mol. The Kier molecular flexibility index (Phi) is 11.3. The predicted octanol–water partition coefficient (Wildman–Crippen LogP) is 5.68. The molecule has 0 aromatic rings. The summed E-state index contributed by atoms with van der Waals surface area (Å²) < 4.78 is 5.30. The molecule has 0 aliphatic rings. The maximum absolute atomic E-state index is 5.30. The molecule has 0 N–H and O–H groups in total. The monoisotopic (exact) mass is 238 g/mol. The topological polar surface area (TPSA) is 9.23 Å². The molecule has 0 saturated carbocycles. The first-order valence-corrected chi connectivity index (χ1v) is 7.16. The average Bonchev–Trinajstić information content (AvgIpc) is 2.35. The van der Waals surface area contributed by atoms with Gasteiger partial charge in [0.2, 0.25) is 0 Å². The molecule has 100 valence electrons. The molecule has 0 rings (SSSR count). The van der Waals surface area contributed by atoms with Gasteiger partial charge in [0.15, 0.2) is 0 Å². The molecule has 0 bridgehead atoms. The molecule has 0 aromatic heterocycles. The van der Waals surface area contributed by atoms with Crippen molar-refractivity contribution in [2.24, 2.45) is 11.8 Å². The molecule has 0 spiro atoms. The zero-order valence-electron chi connectivity index (χ0n) is 12.1. The summed E-state index contributed by atoms with van der Waals surface area (Å²) in [6.07, 6.45) is 15.1. The van der Waals surface area contributed by atoms with Crippen LogP contribution in [-0.2, 0) is 4.74 Å². The minimum atomic E-state index is 0.825. The summed E-state index contributed by atoms with van der Waals surface area (Å²) in [5.74, 6) is 1.65. The maximum Gasteiger partial charge on any atom is 0.0861 e. The van der Waals surface area contributed by atoms with Gasteiger partial charge in [0.25, 0.3) is 0 Å². The van der Waals surface area contributed by atoms with Gasteiger partial charge in [-0.15, -0.1) is 0 Å². The van der Waals surface area contributed by atoms with E-state index in [0.717, 1.165) is 24.7 Å². The molecule has 0 saturated heterocycles. The van der Waals surface area contributed by atoms with E-state index in [0.29, 0.717) is 0 Å². The molecule has 0 fully saturated rings. The van der Waals surface area contributed by atoms with Crippen LogP contribution in [-0.4, -0.2) is 0 Å². The Hall–Kier alpha value is -0.720. The fraction of sp³-hybridized carbons (Fsp3) is 0.750. The van der Waals surface area contributed by atoms with Gasteiger partial charge < -0.3 is 4.74 Å². The Balaban J connectivity index is 3.37. The normalized spacial score (nSPS) is 15.5. The quantitative estimate of drug-likeness (QED) is 0.445. The van der Waals surface area contributed by atoms with Crippen LogP contribution in [0.1, 0.15) is 66.2 Å². The van der Waals surface area contributed by atoms with Gasteiger partial charge in [-0.3, -0.25) is 0 Å². The lowest BCUT2D eigenvalue weighted by atomic mass is 10.0. The fourth-order valence-electron chi connectivity index (χ4n) is 1.46. The van der Waals surface area contributed by atoms with Crippen LogP contribution in [0.5, 0.6) is 0 Å². The van der Waals surface area contributed by atoms with Crippen LogP contribution in [0, 0.1) is 11.8 Å². The van der Waals surface area contributed by atoms with Crippen LogP contribution in [0.15, 0.2) is 24.7 Å². The second-order valence-corrected chi connectivity index (χ2v) is 5.06. The van der Waals surface area contributed by atoms with Crippen molar-refractivity contribution in [3.63, 3.8) is 0 Å². The Morgan fingerprint density at radius 1 is 0.824 bits per heavy atom. The van der Waals surface area contributed by atoms with E-state index in [1.165, 1.54) is 25.7 Å². The summed E-state index contributed by atoms with van der Waals surface area (Å²) in [5.41, 5.74) is 0. The maximum atomic E-state index is 5.30. The summed E-state index contributed by atoms with van der Waals surface area (Å²) in [4.78, 5) is 0. The molecular formula is C16H30O. The number of allylic oxidation sites excluding steroid dienone is 2. The lowest BCUT2D eigenvalue weighted by Crippen LogP contribution is -1.89. The Labute approximate surface area is 108 Å². The van der Waals surface area contributed by atoms with E-state index in [1.54, 1.807) is 0 Å². The van der Waals surface area contributed by atoms with E-state index in [-0.39, 0.29) is 0 Å². The van der Waals surface area contributed by atoms with E-state index >= 15 is 0 Å². The Morgan fingerprint density at radius 3 is 1.59 bits per heavy atom. The zero-order valence-corrected chi connectivity index (χ0v) is 12.1. The first-order valence-electron chi connectivity index (χ1n) is 7.16. The van der Waals surface area contributed by atoms with Gasteiger partial charge >= 0.3 is 0 Å². The van der Waals surface area contributed by atoms with Crippen LogP contribution in [0.4, 0.5) is 0 Å². The van der Waals surface area contributed by atoms with Crippen molar-refractivity contribution < 1.29 is 4.74 Å². The third-order valence-corrected chi connectivity index (χ3v) is 3.40. The summed E-state index contributed by atoms with van der Waals surface area (Å²) in [6.45, 7) is 9.07. The Bertz CT molecular complexity index is 184. The molecule has 1 nitrogen and oxygen atoms in total. The van der Waals surface area contributed by atoms with Gasteiger partial charge in [-0.1, -0.05) is 40.5 Å². The van der Waals surface area contributed by atoms with Crippen LogP contribution < -0.4 is 0 Å². The van der Waals surface area contributed by atoms with Crippen molar-refractivity contribution >= 4 is 0 Å². The molecule has 0 aliphatic carbocycles. The molecule has 0 aliphatic heterocycles. The number of hydrogen-bond acceptors (Lipinski definition) is 1. The minimum Gasteiger partial charge on any atom is -0.473 e. The van der Waals surface area contributed by atoms with E-state index in [2.05, 4.69) is 39.8 Å². The predicted molar refractivity (Wildman–Crippen MR) is 76.7 cm³/mol. The van der Waals surface area contributed by atoms with Crippen molar-refractivity contribution in [1.82, 2.24) is 0 Å². The van der Waals surface area contributed by atoms with E-state index in [1.807, 2.05) is 12.5 Å². The second-order valence-electron chi connectivity index (χ2n) is 5.06. The van der Waals surface area contributed by atoms with Gasteiger partial charge in [-0.2, -0.15) is 0 Å². The minimum absolute atomic E-state index is 0.825. The number of rotatable bonds is 10. The van der Waals surface area contributed by atoms with Crippen LogP contribution in [0.25, 0.3) is 0 Å². The highest BCUT2D eigenvalue weighted by atomic mass is 16.5. The first-order chi connectivity index (χ1) is 8.20. The van der Waals surface area contributed by atoms with Crippen LogP contribution in [0.2, 0.25) is 0 Å². The first kappa shape index (κ1) is 16.3. The van der Waals surface area contributed by atoms with Gasteiger partial charge in [0.05, 0.1) is 12.5 Å². The SMILES string of the molecule is CCC(C)CCC=COC=CCCC(C)CC. The molecule has 0 heterocycles. The molecule has 0 radical (unpaired) electrons. The van der Waals surface area contributed by atoms with Gasteiger partial charge in [-0.05, 0) is 49.7 Å². The highest BCUT2D eigenvalue weighted by Gasteiger charge is 1.95. The average molecular weight is 238 g/mol. The standard InChI is InChI=1S/C16H30O/c1-5-15(3)11-7-9-13-17-14-10-8-12-16(4)6-2/h9-10,13-16H,5-8,11-12H2,1-4H3. The zero-order chi connectivity index (χ0) is 12.9. The molecule has 2 atom stereocenters. The number of hydrogen-bond donors (Lipinski definition) is 0. The van der Waals surface area contributed by atoms with E-state index in [4.69, 9.17) is 4.74 Å². The summed E-state index contributed by atoms with van der Waals surface area (Å²) in [6, 6.07) is 0. The third kappa shape index (κ3) is 11.5. The fourth-order valence-corrected chi connectivity index (χ4v) is 1.46. The van der Waals surface area contributed by atoms with Crippen molar-refractivity contribution in [2.75, 3.05) is 0 Å². The largest absolute Gasteiger partial charge is 0.473 e. The van der Waals surface area contributed by atoms with Crippen molar-refractivity contribution in [3.8, 4) is 0 Å². The summed E-state index contributed by atoms with van der Waals surface area (Å²) >= 11 is 0.